The van der Waals surface area contributed by atoms with Gasteiger partial charge in [0.15, 0.2) is 0 Å². The van der Waals surface area contributed by atoms with Gasteiger partial charge in [-0.25, -0.2) is 0 Å². The molecule has 0 heterocycles. The van der Waals surface area contributed by atoms with Crippen molar-refractivity contribution in [1.82, 2.24) is 0 Å². The van der Waals surface area contributed by atoms with Crippen LogP contribution in [0.15, 0.2) is 91.0 Å². The second kappa shape index (κ2) is 9.03. The lowest BCUT2D eigenvalue weighted by molar-refractivity contribution is 0.736. The Morgan fingerprint density at radius 3 is 1.44 bits per heavy atom. The molecule has 0 unspecified atom stereocenters. The molecule has 126 valence electrons. The van der Waals surface area contributed by atoms with Crippen molar-refractivity contribution >= 4 is 11.1 Å². The Balaban J connectivity index is 2.18. The lowest BCUT2D eigenvalue weighted by Crippen LogP contribution is -1.96. The Morgan fingerprint density at radius 2 is 1.00 bits per heavy atom. The standard InChI is InChI=1S/C25H26/c1-2-3-7-20-24(21-14-8-4-9-15-21)25(22-16-10-5-11-17-22)23-18-12-6-13-19-23/h4-6,8-19H,2-3,7,20H2,1H3. The minimum Gasteiger partial charge on any atom is -0.0654 e. The summed E-state index contributed by atoms with van der Waals surface area (Å²) >= 11 is 0. The summed E-state index contributed by atoms with van der Waals surface area (Å²) in [5.74, 6) is 0. The highest BCUT2D eigenvalue weighted by Crippen LogP contribution is 2.35. The smallest absolute Gasteiger partial charge is 0.00734 e. The van der Waals surface area contributed by atoms with Crippen molar-refractivity contribution in [3.05, 3.63) is 108 Å². The van der Waals surface area contributed by atoms with Gasteiger partial charge < -0.3 is 0 Å². The molecule has 3 aromatic rings. The van der Waals surface area contributed by atoms with E-state index in [0.29, 0.717) is 0 Å². The van der Waals surface area contributed by atoms with Crippen molar-refractivity contribution in [2.24, 2.45) is 0 Å². The van der Waals surface area contributed by atoms with Crippen LogP contribution in [0.25, 0.3) is 11.1 Å². The van der Waals surface area contributed by atoms with Gasteiger partial charge in [-0.15, -0.1) is 0 Å². The predicted octanol–water partition coefficient (Wildman–Crippen LogP) is 7.23. The molecule has 0 atom stereocenters. The molecule has 0 aromatic heterocycles. The minimum absolute atomic E-state index is 1.11. The first-order valence-corrected chi connectivity index (χ1v) is 9.29. The lowest BCUT2D eigenvalue weighted by atomic mass is 9.87. The van der Waals surface area contributed by atoms with Crippen LogP contribution in [0, 0.1) is 0 Å². The maximum atomic E-state index is 2.27. The molecule has 0 fully saturated rings. The van der Waals surface area contributed by atoms with E-state index in [9.17, 15) is 0 Å². The fourth-order valence-electron chi connectivity index (χ4n) is 3.33. The molecule has 0 heteroatoms. The van der Waals surface area contributed by atoms with Crippen molar-refractivity contribution in [2.45, 2.75) is 32.6 Å². The van der Waals surface area contributed by atoms with Gasteiger partial charge in [-0.2, -0.15) is 0 Å². The Hall–Kier alpha value is -2.60. The normalized spacial score (nSPS) is 10.4. The Labute approximate surface area is 151 Å². The van der Waals surface area contributed by atoms with Gasteiger partial charge in [0.1, 0.15) is 0 Å². The molecule has 25 heavy (non-hydrogen) atoms. The van der Waals surface area contributed by atoms with E-state index in [-0.39, 0.29) is 0 Å². The van der Waals surface area contributed by atoms with E-state index in [1.807, 2.05) is 0 Å². The molecule has 0 saturated heterocycles. The zero-order valence-corrected chi connectivity index (χ0v) is 15.0. The van der Waals surface area contributed by atoms with Crippen LogP contribution in [-0.2, 0) is 0 Å². The third-order valence-corrected chi connectivity index (χ3v) is 4.58. The van der Waals surface area contributed by atoms with Crippen LogP contribution in [0.5, 0.6) is 0 Å². The third-order valence-electron chi connectivity index (χ3n) is 4.58. The summed E-state index contributed by atoms with van der Waals surface area (Å²) in [6.07, 6.45) is 4.85. The largest absolute Gasteiger partial charge is 0.0654 e. The first-order valence-electron chi connectivity index (χ1n) is 9.29. The van der Waals surface area contributed by atoms with Crippen LogP contribution in [0.4, 0.5) is 0 Å². The number of hydrogen-bond donors (Lipinski definition) is 0. The minimum atomic E-state index is 1.11. The summed E-state index contributed by atoms with van der Waals surface area (Å²) in [5.41, 5.74) is 6.74. The average molecular weight is 326 g/mol. The van der Waals surface area contributed by atoms with E-state index in [4.69, 9.17) is 0 Å². The Bertz CT molecular complexity index is 742. The van der Waals surface area contributed by atoms with E-state index in [1.54, 1.807) is 0 Å². The van der Waals surface area contributed by atoms with Crippen molar-refractivity contribution in [1.29, 1.82) is 0 Å². The van der Waals surface area contributed by atoms with Crippen LogP contribution in [0.1, 0.15) is 49.3 Å². The highest BCUT2D eigenvalue weighted by Gasteiger charge is 2.13. The van der Waals surface area contributed by atoms with Crippen molar-refractivity contribution in [2.75, 3.05) is 0 Å². The van der Waals surface area contributed by atoms with Gasteiger partial charge in [0.05, 0.1) is 0 Å². The van der Waals surface area contributed by atoms with Crippen molar-refractivity contribution in [3.63, 3.8) is 0 Å². The van der Waals surface area contributed by atoms with E-state index < -0.39 is 0 Å². The monoisotopic (exact) mass is 326 g/mol. The van der Waals surface area contributed by atoms with Gasteiger partial charge in [0.2, 0.25) is 0 Å². The lowest BCUT2D eigenvalue weighted by Gasteiger charge is -2.17. The number of rotatable bonds is 7. The van der Waals surface area contributed by atoms with Gasteiger partial charge in [-0.3, -0.25) is 0 Å². The highest BCUT2D eigenvalue weighted by molar-refractivity contribution is 5.98. The van der Waals surface area contributed by atoms with Crippen molar-refractivity contribution in [3.8, 4) is 0 Å². The van der Waals surface area contributed by atoms with Gasteiger partial charge in [0, 0.05) is 0 Å². The van der Waals surface area contributed by atoms with Gasteiger partial charge >= 0.3 is 0 Å². The van der Waals surface area contributed by atoms with E-state index in [2.05, 4.69) is 97.9 Å². The topological polar surface area (TPSA) is 0 Å². The quantitative estimate of drug-likeness (QED) is 0.317. The van der Waals surface area contributed by atoms with E-state index in [1.165, 1.54) is 47.1 Å². The molecule has 0 amide bonds. The molecule has 0 nitrogen and oxygen atoms in total. The molecule has 0 bridgehead atoms. The molecule has 0 aliphatic heterocycles. The molecule has 0 radical (unpaired) electrons. The summed E-state index contributed by atoms with van der Waals surface area (Å²) in [7, 11) is 0. The van der Waals surface area contributed by atoms with Gasteiger partial charge in [-0.05, 0) is 40.7 Å². The molecule has 0 saturated carbocycles. The second-order valence-corrected chi connectivity index (χ2v) is 6.41. The molecule has 0 spiro atoms. The van der Waals surface area contributed by atoms with Crippen LogP contribution < -0.4 is 0 Å². The maximum Gasteiger partial charge on any atom is -0.00734 e. The summed E-state index contributed by atoms with van der Waals surface area (Å²) in [6.45, 7) is 2.27. The molecule has 3 aromatic carbocycles. The molecule has 3 rings (SSSR count). The summed E-state index contributed by atoms with van der Waals surface area (Å²) in [6, 6.07) is 32.5. The van der Waals surface area contributed by atoms with Gasteiger partial charge in [0.25, 0.3) is 0 Å². The molecular weight excluding hydrogens is 300 g/mol. The van der Waals surface area contributed by atoms with Crippen LogP contribution in [-0.4, -0.2) is 0 Å². The first-order chi connectivity index (χ1) is 12.4. The average Bonchev–Trinajstić information content (AvgIpc) is 2.69. The summed E-state index contributed by atoms with van der Waals surface area (Å²) < 4.78 is 0. The van der Waals surface area contributed by atoms with E-state index >= 15 is 0 Å². The SMILES string of the molecule is CCCCCC(=C(c1ccccc1)c1ccccc1)c1ccccc1. The van der Waals surface area contributed by atoms with Crippen LogP contribution >= 0.6 is 0 Å². The van der Waals surface area contributed by atoms with Crippen LogP contribution in [0.3, 0.4) is 0 Å². The third kappa shape index (κ3) is 4.48. The number of hydrogen-bond acceptors (Lipinski definition) is 0. The van der Waals surface area contributed by atoms with E-state index in [0.717, 1.165) is 6.42 Å². The zero-order valence-electron chi connectivity index (χ0n) is 15.0. The number of benzene rings is 3. The highest BCUT2D eigenvalue weighted by atomic mass is 14.2. The molecule has 0 aliphatic rings. The Kier molecular flexibility index (Phi) is 6.23. The fourth-order valence-corrected chi connectivity index (χ4v) is 3.33. The molecule has 0 aliphatic carbocycles. The van der Waals surface area contributed by atoms with Gasteiger partial charge in [-0.1, -0.05) is 111 Å². The molecular formula is C25H26. The maximum absolute atomic E-state index is 2.27. The summed E-state index contributed by atoms with van der Waals surface area (Å²) in [4.78, 5) is 0. The number of unbranched alkanes of at least 4 members (excludes halogenated alkanes) is 2. The second-order valence-electron chi connectivity index (χ2n) is 6.41. The Morgan fingerprint density at radius 1 is 0.560 bits per heavy atom. The zero-order chi connectivity index (χ0) is 17.3. The first kappa shape index (κ1) is 17.2. The molecule has 0 N–H and O–H groups in total. The van der Waals surface area contributed by atoms with Crippen molar-refractivity contribution < 1.29 is 0 Å². The van der Waals surface area contributed by atoms with Crippen LogP contribution in [0.2, 0.25) is 0 Å². The summed E-state index contributed by atoms with van der Waals surface area (Å²) in [5, 5.41) is 0. The predicted molar refractivity (Wildman–Crippen MR) is 109 cm³/mol. The number of allylic oxidation sites excluding steroid dienone is 1. The fraction of sp³-hybridized carbons (Fsp3) is 0.200.